The van der Waals surface area contributed by atoms with Gasteiger partial charge in [0.15, 0.2) is 0 Å². The summed E-state index contributed by atoms with van der Waals surface area (Å²) < 4.78 is 5.21. The molecular weight excluding hydrogens is 246 g/mol. The van der Waals surface area contributed by atoms with Crippen LogP contribution in [0.1, 0.15) is 52.9 Å². The topological polar surface area (TPSA) is 38.3 Å². The van der Waals surface area contributed by atoms with Crippen LogP contribution in [-0.2, 0) is 9.53 Å². The van der Waals surface area contributed by atoms with E-state index in [1.807, 2.05) is 25.6 Å². The normalized spacial score (nSPS) is 18.4. The van der Waals surface area contributed by atoms with Crippen LogP contribution in [0.25, 0.3) is 0 Å². The fraction of sp³-hybridized carbons (Fsp3) is 0.929. The van der Waals surface area contributed by atoms with Crippen LogP contribution in [0.4, 0.5) is 0 Å². The average molecular weight is 273 g/mol. The van der Waals surface area contributed by atoms with E-state index in [0.717, 1.165) is 18.6 Å². The molecule has 3 nitrogen and oxygen atoms in total. The van der Waals surface area contributed by atoms with Crippen LogP contribution in [0, 0.1) is 0 Å². The van der Waals surface area contributed by atoms with E-state index in [0.29, 0.717) is 12.6 Å². The Bertz CT molecular complexity index is 256. The van der Waals surface area contributed by atoms with Gasteiger partial charge in [-0.15, -0.1) is 0 Å². The van der Waals surface area contributed by atoms with Gasteiger partial charge in [0, 0.05) is 6.04 Å². The highest BCUT2D eigenvalue weighted by atomic mass is 32.2. The van der Waals surface area contributed by atoms with Crippen molar-refractivity contribution in [3.8, 4) is 0 Å². The van der Waals surface area contributed by atoms with Crippen LogP contribution in [-0.4, -0.2) is 35.7 Å². The zero-order chi connectivity index (χ0) is 13.4. The van der Waals surface area contributed by atoms with E-state index < -0.39 is 5.54 Å². The fourth-order valence-electron chi connectivity index (χ4n) is 1.98. The van der Waals surface area contributed by atoms with E-state index in [9.17, 15) is 4.79 Å². The molecule has 0 saturated heterocycles. The van der Waals surface area contributed by atoms with Crippen LogP contribution in [0.5, 0.6) is 0 Å². The maximum absolute atomic E-state index is 12.1. The molecule has 1 aliphatic rings. The third kappa shape index (κ3) is 5.61. The number of esters is 1. The number of hydrogen-bond acceptors (Lipinski definition) is 4. The Kier molecular flexibility index (Phi) is 7.08. The number of carbonyl (C=O) groups is 1. The number of carbonyl (C=O) groups excluding carboxylic acids is 1. The first-order valence-corrected chi connectivity index (χ1v) is 8.30. The first-order chi connectivity index (χ1) is 8.62. The minimum absolute atomic E-state index is 0.0857. The lowest BCUT2D eigenvalue weighted by Gasteiger charge is -2.28. The summed E-state index contributed by atoms with van der Waals surface area (Å²) >= 11 is 1.97. The van der Waals surface area contributed by atoms with Gasteiger partial charge in [0.25, 0.3) is 0 Å². The van der Waals surface area contributed by atoms with E-state index >= 15 is 0 Å². The molecule has 1 rings (SSSR count). The second kappa shape index (κ2) is 8.05. The number of nitrogens with one attached hydrogen (secondary N) is 1. The Morgan fingerprint density at radius 3 is 2.67 bits per heavy atom. The Balaban J connectivity index is 2.35. The standard InChI is InChI=1S/C14H27NO2S/c1-4-10-18-11-6-9-14(3,13(16)17-5-2)15-12-7-8-12/h12,15H,4-11H2,1-3H3. The van der Waals surface area contributed by atoms with Gasteiger partial charge in [0.2, 0.25) is 0 Å². The van der Waals surface area contributed by atoms with E-state index in [1.165, 1.54) is 25.0 Å². The zero-order valence-electron chi connectivity index (χ0n) is 12.0. The van der Waals surface area contributed by atoms with Crippen molar-refractivity contribution in [1.29, 1.82) is 0 Å². The summed E-state index contributed by atoms with van der Waals surface area (Å²) in [5.74, 6) is 2.26. The molecular formula is C14H27NO2S. The molecule has 106 valence electrons. The first-order valence-electron chi connectivity index (χ1n) is 7.15. The van der Waals surface area contributed by atoms with Crippen LogP contribution in [0.15, 0.2) is 0 Å². The molecule has 4 heteroatoms. The summed E-state index contributed by atoms with van der Waals surface area (Å²) in [4.78, 5) is 12.1. The smallest absolute Gasteiger partial charge is 0.326 e. The molecule has 0 amide bonds. The quantitative estimate of drug-likeness (QED) is 0.490. The largest absolute Gasteiger partial charge is 0.465 e. The minimum Gasteiger partial charge on any atom is -0.465 e. The van der Waals surface area contributed by atoms with Crippen molar-refractivity contribution in [2.24, 2.45) is 0 Å². The molecule has 18 heavy (non-hydrogen) atoms. The summed E-state index contributed by atoms with van der Waals surface area (Å²) in [5.41, 5.74) is -0.482. The van der Waals surface area contributed by atoms with E-state index in [4.69, 9.17) is 4.74 Å². The summed E-state index contributed by atoms with van der Waals surface area (Å²) in [7, 11) is 0. The van der Waals surface area contributed by atoms with Crippen LogP contribution >= 0.6 is 11.8 Å². The fourth-order valence-corrected chi connectivity index (χ4v) is 2.82. The van der Waals surface area contributed by atoms with E-state index in [-0.39, 0.29) is 5.97 Å². The Morgan fingerprint density at radius 2 is 2.11 bits per heavy atom. The summed E-state index contributed by atoms with van der Waals surface area (Å²) in [6.45, 7) is 6.52. The summed E-state index contributed by atoms with van der Waals surface area (Å²) in [6, 6.07) is 0.530. The summed E-state index contributed by atoms with van der Waals surface area (Å²) in [6.07, 6.45) is 5.55. The van der Waals surface area contributed by atoms with Crippen molar-refractivity contribution < 1.29 is 9.53 Å². The van der Waals surface area contributed by atoms with Gasteiger partial charge in [0.1, 0.15) is 5.54 Å². The van der Waals surface area contributed by atoms with Crippen LogP contribution in [0.2, 0.25) is 0 Å². The lowest BCUT2D eigenvalue weighted by Crippen LogP contribution is -2.51. The molecule has 1 unspecified atom stereocenters. The first kappa shape index (κ1) is 15.8. The van der Waals surface area contributed by atoms with Crippen molar-refractivity contribution in [2.45, 2.75) is 64.5 Å². The molecule has 1 N–H and O–H groups in total. The van der Waals surface area contributed by atoms with Gasteiger partial charge in [-0.05, 0) is 57.5 Å². The van der Waals surface area contributed by atoms with Gasteiger partial charge >= 0.3 is 5.97 Å². The van der Waals surface area contributed by atoms with Crippen LogP contribution in [0.3, 0.4) is 0 Å². The molecule has 0 spiro atoms. The maximum Gasteiger partial charge on any atom is 0.326 e. The number of thioether (sulfide) groups is 1. The molecule has 0 aromatic rings. The highest BCUT2D eigenvalue weighted by molar-refractivity contribution is 7.99. The molecule has 0 aromatic heterocycles. The predicted octanol–water partition coefficient (Wildman–Crippen LogP) is 2.98. The third-order valence-corrected chi connectivity index (χ3v) is 4.41. The number of hydrogen-bond donors (Lipinski definition) is 1. The van der Waals surface area contributed by atoms with Gasteiger partial charge < -0.3 is 4.74 Å². The van der Waals surface area contributed by atoms with Gasteiger partial charge in [-0.3, -0.25) is 10.1 Å². The Labute approximate surface area is 115 Å². The van der Waals surface area contributed by atoms with Gasteiger partial charge in [0.05, 0.1) is 6.61 Å². The third-order valence-electron chi connectivity index (χ3n) is 3.14. The molecule has 0 aliphatic heterocycles. The van der Waals surface area contributed by atoms with Gasteiger partial charge in [-0.2, -0.15) is 11.8 Å². The number of rotatable bonds is 10. The molecule has 0 heterocycles. The minimum atomic E-state index is -0.482. The maximum atomic E-state index is 12.1. The molecule has 1 fully saturated rings. The zero-order valence-corrected chi connectivity index (χ0v) is 12.8. The van der Waals surface area contributed by atoms with Crippen molar-refractivity contribution in [2.75, 3.05) is 18.1 Å². The molecule has 0 bridgehead atoms. The van der Waals surface area contributed by atoms with Gasteiger partial charge in [-0.25, -0.2) is 0 Å². The van der Waals surface area contributed by atoms with Crippen molar-refractivity contribution >= 4 is 17.7 Å². The second-order valence-corrected chi connectivity index (χ2v) is 6.41. The van der Waals surface area contributed by atoms with E-state index in [2.05, 4.69) is 12.2 Å². The SMILES string of the molecule is CCCSCCCC(C)(NC1CC1)C(=O)OCC. The Hall–Kier alpha value is -0.220. The van der Waals surface area contributed by atoms with E-state index in [1.54, 1.807) is 0 Å². The number of ether oxygens (including phenoxy) is 1. The molecule has 1 saturated carbocycles. The predicted molar refractivity (Wildman–Crippen MR) is 78.0 cm³/mol. The molecule has 0 radical (unpaired) electrons. The lowest BCUT2D eigenvalue weighted by molar-refractivity contribution is -0.151. The van der Waals surface area contributed by atoms with Gasteiger partial charge in [-0.1, -0.05) is 6.92 Å². The lowest BCUT2D eigenvalue weighted by atomic mass is 9.96. The average Bonchev–Trinajstić information content (AvgIpc) is 3.13. The summed E-state index contributed by atoms with van der Waals surface area (Å²) in [5, 5.41) is 3.46. The molecule has 0 aromatic carbocycles. The molecule has 1 atom stereocenters. The monoisotopic (exact) mass is 273 g/mol. The van der Waals surface area contributed by atoms with Crippen molar-refractivity contribution in [3.05, 3.63) is 0 Å². The van der Waals surface area contributed by atoms with Crippen molar-refractivity contribution in [3.63, 3.8) is 0 Å². The van der Waals surface area contributed by atoms with Crippen LogP contribution < -0.4 is 5.32 Å². The highest BCUT2D eigenvalue weighted by Crippen LogP contribution is 2.26. The van der Waals surface area contributed by atoms with Crippen molar-refractivity contribution in [1.82, 2.24) is 5.32 Å². The molecule has 1 aliphatic carbocycles. The second-order valence-electron chi connectivity index (χ2n) is 5.19. The highest BCUT2D eigenvalue weighted by Gasteiger charge is 2.38. The Morgan fingerprint density at radius 1 is 1.39 bits per heavy atom.